The second-order valence-corrected chi connectivity index (χ2v) is 8.07. The first-order chi connectivity index (χ1) is 11.7. The fourth-order valence-electron chi connectivity index (χ4n) is 2.48. The molecule has 7 heteroatoms. The van der Waals surface area contributed by atoms with E-state index in [-0.39, 0.29) is 22.4 Å². The van der Waals surface area contributed by atoms with E-state index in [0.717, 1.165) is 11.1 Å². The van der Waals surface area contributed by atoms with Crippen LogP contribution in [0.2, 0.25) is 5.02 Å². The van der Waals surface area contributed by atoms with Crippen LogP contribution in [0, 0.1) is 13.8 Å². The van der Waals surface area contributed by atoms with Crippen molar-refractivity contribution >= 4 is 33.2 Å². The van der Waals surface area contributed by atoms with Crippen molar-refractivity contribution in [1.29, 1.82) is 0 Å². The summed E-state index contributed by atoms with van der Waals surface area (Å²) in [7, 11) is -3.67. The van der Waals surface area contributed by atoms with Crippen LogP contribution in [0.25, 0.3) is 0 Å². The van der Waals surface area contributed by atoms with Gasteiger partial charge in [0, 0.05) is 13.5 Å². The van der Waals surface area contributed by atoms with E-state index in [9.17, 15) is 13.2 Å². The van der Waals surface area contributed by atoms with Gasteiger partial charge >= 0.3 is 0 Å². The molecule has 0 spiro atoms. The Morgan fingerprint density at radius 2 is 1.84 bits per heavy atom. The van der Waals surface area contributed by atoms with Gasteiger partial charge in [-0.25, -0.2) is 13.1 Å². The molecule has 0 aliphatic heterocycles. The minimum absolute atomic E-state index is 0.0623. The Morgan fingerprint density at radius 3 is 2.44 bits per heavy atom. The Hall–Kier alpha value is -1.89. The third-order valence-electron chi connectivity index (χ3n) is 3.75. The molecule has 0 saturated heterocycles. The van der Waals surface area contributed by atoms with Crippen LogP contribution in [-0.2, 0) is 21.2 Å². The van der Waals surface area contributed by atoms with E-state index >= 15 is 0 Å². The molecule has 0 heterocycles. The van der Waals surface area contributed by atoms with Crippen LogP contribution < -0.4 is 10.0 Å². The molecule has 2 rings (SSSR count). The van der Waals surface area contributed by atoms with Gasteiger partial charge in [0.25, 0.3) is 0 Å². The van der Waals surface area contributed by atoms with Crippen LogP contribution in [0.5, 0.6) is 0 Å². The molecule has 134 valence electrons. The molecule has 0 aromatic heterocycles. The minimum Gasteiger partial charge on any atom is -0.325 e. The van der Waals surface area contributed by atoms with Crippen molar-refractivity contribution in [3.8, 4) is 0 Å². The number of amides is 1. The van der Waals surface area contributed by atoms with E-state index in [0.29, 0.717) is 12.1 Å². The number of benzene rings is 2. The predicted octanol–water partition coefficient (Wildman–Crippen LogP) is 3.44. The summed E-state index contributed by atoms with van der Waals surface area (Å²) < 4.78 is 27.4. The molecule has 0 aliphatic carbocycles. The van der Waals surface area contributed by atoms with Crippen LogP contribution in [0.15, 0.2) is 41.3 Å². The van der Waals surface area contributed by atoms with Crippen molar-refractivity contribution in [2.75, 3.05) is 11.9 Å². The van der Waals surface area contributed by atoms with Gasteiger partial charge in [-0.3, -0.25) is 4.79 Å². The molecule has 0 atom stereocenters. The fraction of sp³-hybridized carbons (Fsp3) is 0.278. The maximum atomic E-state index is 12.4. The summed E-state index contributed by atoms with van der Waals surface area (Å²) in [6, 6.07) is 10.3. The molecule has 25 heavy (non-hydrogen) atoms. The molecular weight excluding hydrogens is 360 g/mol. The Morgan fingerprint density at radius 1 is 1.12 bits per heavy atom. The number of hydrogen-bond acceptors (Lipinski definition) is 3. The quantitative estimate of drug-likeness (QED) is 0.806. The number of nitrogens with one attached hydrogen (secondary N) is 2. The molecule has 5 nitrogen and oxygen atoms in total. The minimum atomic E-state index is -3.67. The molecule has 2 aromatic rings. The Balaban J connectivity index is 2.06. The Labute approximate surface area is 153 Å². The average Bonchev–Trinajstić information content (AvgIpc) is 2.51. The maximum absolute atomic E-state index is 12.4. The summed E-state index contributed by atoms with van der Waals surface area (Å²) in [4.78, 5) is 11.1. The van der Waals surface area contributed by atoms with Gasteiger partial charge in [0.1, 0.15) is 0 Å². The fourth-order valence-corrected chi connectivity index (χ4v) is 3.83. The molecule has 1 amide bonds. The normalized spacial score (nSPS) is 11.4. The summed E-state index contributed by atoms with van der Waals surface area (Å²) in [6.45, 7) is 5.68. The Bertz CT molecular complexity index is 895. The van der Waals surface area contributed by atoms with Gasteiger partial charge < -0.3 is 5.32 Å². The van der Waals surface area contributed by atoms with E-state index in [1.54, 1.807) is 0 Å². The van der Waals surface area contributed by atoms with E-state index in [2.05, 4.69) is 16.1 Å². The highest BCUT2D eigenvalue weighted by molar-refractivity contribution is 7.89. The number of halogens is 1. The summed E-state index contributed by atoms with van der Waals surface area (Å²) >= 11 is 6.04. The van der Waals surface area contributed by atoms with Crippen LogP contribution in [0.1, 0.15) is 23.6 Å². The molecule has 0 radical (unpaired) electrons. The number of carbonyl (C=O) groups excluding carboxylic acids is 1. The Kier molecular flexibility index (Phi) is 6.21. The highest BCUT2D eigenvalue weighted by atomic mass is 35.5. The van der Waals surface area contributed by atoms with Gasteiger partial charge in [0.05, 0.1) is 15.6 Å². The SMILES string of the molecule is CC(=O)Nc1ccc(S(=O)(=O)NCCc2ccc(C)cc2C)cc1Cl. The van der Waals surface area contributed by atoms with Crippen LogP contribution in [0.3, 0.4) is 0 Å². The lowest BCUT2D eigenvalue weighted by Gasteiger charge is -2.11. The summed E-state index contributed by atoms with van der Waals surface area (Å²) in [5, 5.41) is 2.71. The van der Waals surface area contributed by atoms with E-state index < -0.39 is 10.0 Å². The molecule has 0 unspecified atom stereocenters. The number of aryl methyl sites for hydroxylation is 2. The number of sulfonamides is 1. The van der Waals surface area contributed by atoms with Gasteiger partial charge in [-0.1, -0.05) is 35.4 Å². The second kappa shape index (κ2) is 7.99. The maximum Gasteiger partial charge on any atom is 0.240 e. The summed E-state index contributed by atoms with van der Waals surface area (Å²) in [6.07, 6.45) is 0.600. The molecule has 2 aromatic carbocycles. The zero-order valence-electron chi connectivity index (χ0n) is 14.4. The monoisotopic (exact) mass is 380 g/mol. The smallest absolute Gasteiger partial charge is 0.240 e. The third kappa shape index (κ3) is 5.29. The van der Waals surface area contributed by atoms with Crippen LogP contribution >= 0.6 is 11.6 Å². The summed E-state index contributed by atoms with van der Waals surface area (Å²) in [5.74, 6) is -0.274. The van der Waals surface area contributed by atoms with Crippen LogP contribution in [-0.4, -0.2) is 20.9 Å². The van der Waals surface area contributed by atoms with Gasteiger partial charge in [-0.15, -0.1) is 0 Å². The highest BCUT2D eigenvalue weighted by Gasteiger charge is 2.15. The molecular formula is C18H21ClN2O3S. The first-order valence-corrected chi connectivity index (χ1v) is 9.68. The predicted molar refractivity (Wildman–Crippen MR) is 101 cm³/mol. The molecule has 0 aliphatic rings. The van der Waals surface area contributed by atoms with Crippen molar-refractivity contribution in [3.63, 3.8) is 0 Å². The summed E-state index contributed by atoms with van der Waals surface area (Å²) in [5.41, 5.74) is 3.80. The lowest BCUT2D eigenvalue weighted by atomic mass is 10.0. The first-order valence-electron chi connectivity index (χ1n) is 7.82. The van der Waals surface area contributed by atoms with Gasteiger partial charge in [0.2, 0.25) is 15.9 Å². The zero-order chi connectivity index (χ0) is 18.6. The van der Waals surface area contributed by atoms with Crippen molar-refractivity contribution in [3.05, 3.63) is 58.1 Å². The lowest BCUT2D eigenvalue weighted by molar-refractivity contribution is -0.114. The van der Waals surface area contributed by atoms with E-state index in [4.69, 9.17) is 11.6 Å². The van der Waals surface area contributed by atoms with Crippen molar-refractivity contribution in [1.82, 2.24) is 4.72 Å². The van der Waals surface area contributed by atoms with Crippen molar-refractivity contribution < 1.29 is 13.2 Å². The standard InChI is InChI=1S/C18H21ClN2O3S/c1-12-4-5-15(13(2)10-12)8-9-20-25(23,24)16-6-7-18(17(19)11-16)21-14(3)22/h4-7,10-11,20H,8-9H2,1-3H3,(H,21,22). The average molecular weight is 381 g/mol. The first kappa shape index (κ1) is 19.4. The molecule has 0 saturated carbocycles. The van der Waals surface area contributed by atoms with Gasteiger partial charge in [0.15, 0.2) is 0 Å². The molecule has 0 bridgehead atoms. The van der Waals surface area contributed by atoms with Crippen LogP contribution in [0.4, 0.5) is 5.69 Å². The van der Waals surface area contributed by atoms with E-state index in [1.807, 2.05) is 26.0 Å². The number of anilines is 1. The van der Waals surface area contributed by atoms with Gasteiger partial charge in [-0.2, -0.15) is 0 Å². The van der Waals surface area contributed by atoms with E-state index in [1.165, 1.54) is 30.7 Å². The molecule has 0 fully saturated rings. The largest absolute Gasteiger partial charge is 0.325 e. The zero-order valence-corrected chi connectivity index (χ0v) is 16.0. The number of hydrogen-bond donors (Lipinski definition) is 2. The third-order valence-corrected chi connectivity index (χ3v) is 5.52. The topological polar surface area (TPSA) is 75.3 Å². The highest BCUT2D eigenvalue weighted by Crippen LogP contribution is 2.25. The second-order valence-electron chi connectivity index (χ2n) is 5.90. The number of carbonyl (C=O) groups is 1. The lowest BCUT2D eigenvalue weighted by Crippen LogP contribution is -2.26. The van der Waals surface area contributed by atoms with Crippen molar-refractivity contribution in [2.45, 2.75) is 32.1 Å². The van der Waals surface area contributed by atoms with Gasteiger partial charge in [-0.05, 0) is 49.6 Å². The molecule has 2 N–H and O–H groups in total. The van der Waals surface area contributed by atoms with Crippen molar-refractivity contribution in [2.24, 2.45) is 0 Å². The number of rotatable bonds is 6.